The number of anilines is 1. The van der Waals surface area contributed by atoms with Gasteiger partial charge in [-0.05, 0) is 48.8 Å². The summed E-state index contributed by atoms with van der Waals surface area (Å²) in [6.07, 6.45) is 4.26. The first-order valence-electron chi connectivity index (χ1n) is 8.68. The van der Waals surface area contributed by atoms with E-state index in [4.69, 9.17) is 0 Å². The maximum atomic E-state index is 13.1. The van der Waals surface area contributed by atoms with E-state index in [2.05, 4.69) is 50.1 Å². The third-order valence-corrected chi connectivity index (χ3v) is 4.67. The van der Waals surface area contributed by atoms with Crippen molar-refractivity contribution in [3.8, 4) is 0 Å². The van der Waals surface area contributed by atoms with Gasteiger partial charge in [0, 0.05) is 25.5 Å². The Morgan fingerprint density at radius 1 is 1.25 bits per heavy atom. The van der Waals surface area contributed by atoms with Crippen molar-refractivity contribution in [2.45, 2.75) is 46.0 Å². The van der Waals surface area contributed by atoms with E-state index in [0.29, 0.717) is 11.5 Å². The summed E-state index contributed by atoms with van der Waals surface area (Å²) in [5.41, 5.74) is 3.85. The van der Waals surface area contributed by atoms with Gasteiger partial charge in [-0.15, -0.1) is 0 Å². The fourth-order valence-corrected chi connectivity index (χ4v) is 2.96. The zero-order valence-electron chi connectivity index (χ0n) is 15.3. The molecule has 1 aliphatic rings. The van der Waals surface area contributed by atoms with Gasteiger partial charge in [-0.2, -0.15) is 5.10 Å². The highest BCUT2D eigenvalue weighted by molar-refractivity contribution is 6.06. The first kappa shape index (κ1) is 16.7. The quantitative estimate of drug-likeness (QED) is 0.849. The molecule has 0 unspecified atom stereocenters. The van der Waals surface area contributed by atoms with Crippen LogP contribution in [0.5, 0.6) is 0 Å². The van der Waals surface area contributed by atoms with Crippen LogP contribution in [0.1, 0.15) is 55.2 Å². The number of rotatable bonds is 4. The number of hydrogen-bond donors (Lipinski definition) is 0. The average Bonchev–Trinajstić information content (AvgIpc) is 3.27. The van der Waals surface area contributed by atoms with Crippen LogP contribution < -0.4 is 4.90 Å². The first-order chi connectivity index (χ1) is 11.3. The van der Waals surface area contributed by atoms with Crippen molar-refractivity contribution in [1.82, 2.24) is 9.78 Å². The molecule has 128 valence electrons. The second-order valence-electron chi connectivity index (χ2n) is 7.96. The Morgan fingerprint density at radius 2 is 1.88 bits per heavy atom. The number of nitrogens with zero attached hydrogens (tertiary/aromatic N) is 3. The van der Waals surface area contributed by atoms with E-state index in [1.54, 1.807) is 4.68 Å². The molecule has 0 radical (unpaired) electrons. The van der Waals surface area contributed by atoms with Crippen LogP contribution in [-0.2, 0) is 12.5 Å². The molecule has 0 bridgehead atoms. The Kier molecular flexibility index (Phi) is 4.24. The van der Waals surface area contributed by atoms with Gasteiger partial charge in [0.25, 0.3) is 5.91 Å². The Bertz CT molecular complexity index is 733. The summed E-state index contributed by atoms with van der Waals surface area (Å²) < 4.78 is 1.71. The zero-order chi connectivity index (χ0) is 17.5. The van der Waals surface area contributed by atoms with E-state index in [9.17, 15) is 4.79 Å². The molecular formula is C20H27N3O. The second kappa shape index (κ2) is 6.08. The molecule has 2 aromatic rings. The van der Waals surface area contributed by atoms with Crippen molar-refractivity contribution in [2.24, 2.45) is 13.0 Å². The SMILES string of the molecule is Cc1nn(C)cc1C(=O)N(CC1CC1)c1ccc(C(C)(C)C)cc1. The predicted octanol–water partition coefficient (Wildman–Crippen LogP) is 4.08. The van der Waals surface area contributed by atoms with Crippen LogP contribution >= 0.6 is 0 Å². The molecule has 0 N–H and O–H groups in total. The number of benzene rings is 1. The van der Waals surface area contributed by atoms with E-state index in [1.165, 1.54) is 18.4 Å². The van der Waals surface area contributed by atoms with E-state index in [0.717, 1.165) is 17.9 Å². The van der Waals surface area contributed by atoms with Crippen LogP contribution in [0.2, 0.25) is 0 Å². The second-order valence-corrected chi connectivity index (χ2v) is 7.96. The van der Waals surface area contributed by atoms with Gasteiger partial charge in [0.2, 0.25) is 0 Å². The lowest BCUT2D eigenvalue weighted by atomic mass is 9.87. The first-order valence-corrected chi connectivity index (χ1v) is 8.68. The minimum absolute atomic E-state index is 0.0519. The monoisotopic (exact) mass is 325 g/mol. The highest BCUT2D eigenvalue weighted by atomic mass is 16.2. The Morgan fingerprint density at radius 3 is 2.33 bits per heavy atom. The van der Waals surface area contributed by atoms with Gasteiger partial charge in [-0.1, -0.05) is 32.9 Å². The standard InChI is InChI=1S/C20H27N3O/c1-14-18(13-22(5)21-14)19(24)23(12-15-6-7-15)17-10-8-16(9-11-17)20(2,3)4/h8-11,13,15H,6-7,12H2,1-5H3. The molecule has 1 aromatic heterocycles. The fourth-order valence-electron chi connectivity index (χ4n) is 2.96. The van der Waals surface area contributed by atoms with Gasteiger partial charge in [-0.25, -0.2) is 0 Å². The highest BCUT2D eigenvalue weighted by Gasteiger charge is 2.29. The maximum Gasteiger partial charge on any atom is 0.261 e. The molecule has 1 aliphatic carbocycles. The summed E-state index contributed by atoms with van der Waals surface area (Å²) in [6.45, 7) is 9.30. The van der Waals surface area contributed by atoms with E-state index < -0.39 is 0 Å². The fraction of sp³-hybridized carbons (Fsp3) is 0.500. The normalized spacial score (nSPS) is 14.7. The lowest BCUT2D eigenvalue weighted by Gasteiger charge is -2.25. The third-order valence-electron chi connectivity index (χ3n) is 4.67. The van der Waals surface area contributed by atoms with Gasteiger partial charge < -0.3 is 4.90 Å². The van der Waals surface area contributed by atoms with Crippen molar-refractivity contribution >= 4 is 11.6 Å². The van der Waals surface area contributed by atoms with Gasteiger partial charge in [0.05, 0.1) is 11.3 Å². The van der Waals surface area contributed by atoms with Crippen LogP contribution in [0, 0.1) is 12.8 Å². The van der Waals surface area contributed by atoms with Crippen molar-refractivity contribution < 1.29 is 4.79 Å². The Balaban J connectivity index is 1.91. The summed E-state index contributed by atoms with van der Waals surface area (Å²) in [5.74, 6) is 0.684. The minimum atomic E-state index is 0.0519. The Hall–Kier alpha value is -2.10. The highest BCUT2D eigenvalue weighted by Crippen LogP contribution is 2.33. The Labute approximate surface area is 144 Å². The number of amides is 1. The molecule has 0 spiro atoms. The van der Waals surface area contributed by atoms with Crippen molar-refractivity contribution in [3.63, 3.8) is 0 Å². The summed E-state index contributed by atoms with van der Waals surface area (Å²) in [4.78, 5) is 15.0. The average molecular weight is 325 g/mol. The van der Waals surface area contributed by atoms with Crippen LogP contribution in [0.25, 0.3) is 0 Å². The summed E-state index contributed by atoms with van der Waals surface area (Å²) in [5, 5.41) is 4.32. The topological polar surface area (TPSA) is 38.1 Å². The molecule has 4 nitrogen and oxygen atoms in total. The largest absolute Gasteiger partial charge is 0.308 e. The van der Waals surface area contributed by atoms with Gasteiger partial charge in [-0.3, -0.25) is 9.48 Å². The van der Waals surface area contributed by atoms with E-state index in [1.807, 2.05) is 25.1 Å². The molecule has 3 rings (SSSR count). The molecule has 4 heteroatoms. The summed E-state index contributed by atoms with van der Waals surface area (Å²) in [6, 6.07) is 8.43. The van der Waals surface area contributed by atoms with Crippen molar-refractivity contribution in [2.75, 3.05) is 11.4 Å². The number of hydrogen-bond acceptors (Lipinski definition) is 2. The molecule has 1 amide bonds. The van der Waals surface area contributed by atoms with Gasteiger partial charge in [0.1, 0.15) is 0 Å². The maximum absolute atomic E-state index is 13.1. The lowest BCUT2D eigenvalue weighted by molar-refractivity contribution is 0.0985. The van der Waals surface area contributed by atoms with Crippen molar-refractivity contribution in [3.05, 3.63) is 47.3 Å². The van der Waals surface area contributed by atoms with Crippen molar-refractivity contribution in [1.29, 1.82) is 0 Å². The molecular weight excluding hydrogens is 298 g/mol. The van der Waals surface area contributed by atoms with Gasteiger partial charge in [0.15, 0.2) is 0 Å². The lowest BCUT2D eigenvalue weighted by Crippen LogP contribution is -2.33. The minimum Gasteiger partial charge on any atom is -0.308 e. The number of aromatic nitrogens is 2. The third kappa shape index (κ3) is 3.53. The predicted molar refractivity (Wildman–Crippen MR) is 97.5 cm³/mol. The van der Waals surface area contributed by atoms with E-state index >= 15 is 0 Å². The molecule has 0 aliphatic heterocycles. The molecule has 0 saturated heterocycles. The molecule has 1 heterocycles. The van der Waals surface area contributed by atoms with Crippen LogP contribution in [0.3, 0.4) is 0 Å². The van der Waals surface area contributed by atoms with Crippen LogP contribution in [-0.4, -0.2) is 22.2 Å². The van der Waals surface area contributed by atoms with Crippen LogP contribution in [0.15, 0.2) is 30.5 Å². The van der Waals surface area contributed by atoms with Gasteiger partial charge >= 0.3 is 0 Å². The number of carbonyl (C=O) groups is 1. The zero-order valence-corrected chi connectivity index (χ0v) is 15.3. The number of aryl methyl sites for hydroxylation is 2. The number of carbonyl (C=O) groups excluding carboxylic acids is 1. The molecule has 1 fully saturated rings. The smallest absolute Gasteiger partial charge is 0.261 e. The molecule has 1 saturated carbocycles. The molecule has 24 heavy (non-hydrogen) atoms. The summed E-state index contributed by atoms with van der Waals surface area (Å²) in [7, 11) is 1.85. The summed E-state index contributed by atoms with van der Waals surface area (Å²) >= 11 is 0. The van der Waals surface area contributed by atoms with Crippen LogP contribution in [0.4, 0.5) is 5.69 Å². The molecule has 0 atom stereocenters. The van der Waals surface area contributed by atoms with E-state index in [-0.39, 0.29) is 11.3 Å². The molecule has 1 aromatic carbocycles.